The fraction of sp³-hybridized carbons (Fsp3) is 0.233. The van der Waals surface area contributed by atoms with Crippen LogP contribution < -0.4 is 14.4 Å². The number of carbonyl (C=O) groups excluding carboxylic acids is 1. The van der Waals surface area contributed by atoms with Crippen LogP contribution in [0.15, 0.2) is 91.0 Å². The van der Waals surface area contributed by atoms with Gasteiger partial charge in [-0.2, -0.15) is 0 Å². The summed E-state index contributed by atoms with van der Waals surface area (Å²) >= 11 is 0. The lowest BCUT2D eigenvalue weighted by molar-refractivity contribution is -0.133. The molecule has 1 saturated heterocycles. The average molecular weight is 495 g/mol. The summed E-state index contributed by atoms with van der Waals surface area (Å²) in [6.07, 6.45) is 0. The third kappa shape index (κ3) is 6.06. The highest BCUT2D eigenvalue weighted by molar-refractivity contribution is 5.78. The lowest BCUT2D eigenvalue weighted by atomic mass is 10.1. The fourth-order valence-corrected chi connectivity index (χ4v) is 4.33. The van der Waals surface area contributed by atoms with E-state index in [1.807, 2.05) is 90.7 Å². The maximum absolute atomic E-state index is 12.7. The second-order valence-corrected chi connectivity index (χ2v) is 8.78. The van der Waals surface area contributed by atoms with Crippen molar-refractivity contribution >= 4 is 11.7 Å². The first-order valence-corrected chi connectivity index (χ1v) is 12.6. The molecule has 1 aliphatic rings. The molecule has 0 spiro atoms. The van der Waals surface area contributed by atoms with E-state index < -0.39 is 0 Å². The first kappa shape index (κ1) is 24.3. The number of hydrogen-bond acceptors (Lipinski definition) is 6. The molecule has 188 valence electrons. The van der Waals surface area contributed by atoms with E-state index in [1.54, 1.807) is 0 Å². The van der Waals surface area contributed by atoms with Crippen molar-refractivity contribution in [1.82, 2.24) is 15.1 Å². The van der Waals surface area contributed by atoms with E-state index in [1.165, 1.54) is 0 Å². The summed E-state index contributed by atoms with van der Waals surface area (Å²) in [5, 5.41) is 8.84. The van der Waals surface area contributed by atoms with Crippen LogP contribution in [0.3, 0.4) is 0 Å². The number of carbonyl (C=O) groups is 1. The molecule has 3 aromatic carbocycles. The molecule has 0 N–H and O–H groups in total. The highest BCUT2D eigenvalue weighted by atomic mass is 16.5. The zero-order valence-corrected chi connectivity index (χ0v) is 20.9. The minimum Gasteiger partial charge on any atom is -0.494 e. The minimum absolute atomic E-state index is 0.0104. The van der Waals surface area contributed by atoms with Gasteiger partial charge in [0.2, 0.25) is 0 Å². The molecular weight excluding hydrogens is 464 g/mol. The third-order valence-corrected chi connectivity index (χ3v) is 6.39. The van der Waals surface area contributed by atoms with Gasteiger partial charge in [0.05, 0.1) is 12.3 Å². The molecule has 7 nitrogen and oxygen atoms in total. The average Bonchev–Trinajstić information content (AvgIpc) is 2.97. The summed E-state index contributed by atoms with van der Waals surface area (Å²) in [4.78, 5) is 16.7. The van der Waals surface area contributed by atoms with Crippen LogP contribution in [0.4, 0.5) is 5.82 Å². The number of ether oxygens (including phenoxy) is 2. The van der Waals surface area contributed by atoms with Crippen LogP contribution in [0.2, 0.25) is 0 Å². The van der Waals surface area contributed by atoms with Gasteiger partial charge in [0.1, 0.15) is 11.5 Å². The molecule has 4 aromatic rings. The SMILES string of the molecule is CCOc1ccc(-c2ccc(N3CCN(C(=O)COc4ccc(-c5ccccc5)cc4)CC3)nn2)cc1. The van der Waals surface area contributed by atoms with Crippen LogP contribution in [0.1, 0.15) is 6.92 Å². The fourth-order valence-electron chi connectivity index (χ4n) is 4.33. The van der Waals surface area contributed by atoms with Crippen molar-refractivity contribution in [3.63, 3.8) is 0 Å². The van der Waals surface area contributed by atoms with E-state index in [2.05, 4.69) is 27.2 Å². The lowest BCUT2D eigenvalue weighted by Gasteiger charge is -2.35. The Morgan fingerprint density at radius 2 is 1.32 bits per heavy atom. The first-order valence-electron chi connectivity index (χ1n) is 12.6. The van der Waals surface area contributed by atoms with E-state index in [9.17, 15) is 4.79 Å². The predicted octanol–water partition coefficient (Wildman–Crippen LogP) is 4.94. The molecule has 0 saturated carbocycles. The number of anilines is 1. The summed E-state index contributed by atoms with van der Waals surface area (Å²) in [6.45, 7) is 5.29. The normalized spacial score (nSPS) is 13.3. The van der Waals surface area contributed by atoms with Gasteiger partial charge in [-0.1, -0.05) is 42.5 Å². The molecule has 1 fully saturated rings. The molecule has 1 aliphatic heterocycles. The molecule has 0 radical (unpaired) electrons. The van der Waals surface area contributed by atoms with Gasteiger partial charge in [-0.3, -0.25) is 4.79 Å². The number of piperazine rings is 1. The van der Waals surface area contributed by atoms with E-state index >= 15 is 0 Å². The van der Waals surface area contributed by atoms with Crippen LogP contribution in [0, 0.1) is 0 Å². The number of hydrogen-bond donors (Lipinski definition) is 0. The largest absolute Gasteiger partial charge is 0.494 e. The summed E-state index contributed by atoms with van der Waals surface area (Å²) in [5.41, 5.74) is 4.08. The Balaban J connectivity index is 1.10. The molecule has 0 atom stereocenters. The Kier molecular flexibility index (Phi) is 7.60. The number of aromatic nitrogens is 2. The number of amides is 1. The lowest BCUT2D eigenvalue weighted by Crippen LogP contribution is -2.50. The molecule has 0 aliphatic carbocycles. The Bertz CT molecular complexity index is 1290. The van der Waals surface area contributed by atoms with Crippen molar-refractivity contribution in [3.05, 3.63) is 91.0 Å². The van der Waals surface area contributed by atoms with Crippen molar-refractivity contribution < 1.29 is 14.3 Å². The Morgan fingerprint density at radius 3 is 1.95 bits per heavy atom. The Labute approximate surface area is 217 Å². The molecule has 5 rings (SSSR count). The van der Waals surface area contributed by atoms with Crippen molar-refractivity contribution in [2.24, 2.45) is 0 Å². The number of benzene rings is 3. The van der Waals surface area contributed by atoms with Gasteiger partial charge >= 0.3 is 0 Å². The zero-order valence-electron chi connectivity index (χ0n) is 20.9. The van der Waals surface area contributed by atoms with Crippen molar-refractivity contribution in [1.29, 1.82) is 0 Å². The summed E-state index contributed by atoms with van der Waals surface area (Å²) < 4.78 is 11.3. The smallest absolute Gasteiger partial charge is 0.260 e. The third-order valence-electron chi connectivity index (χ3n) is 6.39. The van der Waals surface area contributed by atoms with Crippen LogP contribution in [0.5, 0.6) is 11.5 Å². The van der Waals surface area contributed by atoms with E-state index in [0.29, 0.717) is 38.5 Å². The van der Waals surface area contributed by atoms with Crippen LogP contribution in [0.25, 0.3) is 22.4 Å². The monoisotopic (exact) mass is 494 g/mol. The molecule has 7 heteroatoms. The number of rotatable bonds is 8. The minimum atomic E-state index is -0.0104. The number of nitrogens with zero attached hydrogens (tertiary/aromatic N) is 4. The second-order valence-electron chi connectivity index (χ2n) is 8.78. The molecule has 37 heavy (non-hydrogen) atoms. The zero-order chi connectivity index (χ0) is 25.5. The second kappa shape index (κ2) is 11.6. The molecule has 0 unspecified atom stereocenters. The standard InChI is InChI=1S/C30H30N4O3/c1-2-36-26-14-10-25(11-15-26)28-16-17-29(32-31-28)33-18-20-34(21-19-33)30(35)22-37-27-12-8-24(9-13-27)23-6-4-3-5-7-23/h3-17H,2,18-22H2,1H3. The van der Waals surface area contributed by atoms with Crippen LogP contribution >= 0.6 is 0 Å². The van der Waals surface area contributed by atoms with E-state index in [-0.39, 0.29) is 12.5 Å². The van der Waals surface area contributed by atoms with E-state index in [0.717, 1.165) is 34.0 Å². The first-order chi connectivity index (χ1) is 18.2. The van der Waals surface area contributed by atoms with Crippen molar-refractivity contribution in [2.75, 3.05) is 44.3 Å². The quantitative estimate of drug-likeness (QED) is 0.346. The maximum atomic E-state index is 12.7. The van der Waals surface area contributed by atoms with Gasteiger partial charge in [0.25, 0.3) is 5.91 Å². The van der Waals surface area contributed by atoms with Crippen molar-refractivity contribution in [2.45, 2.75) is 6.92 Å². The Morgan fingerprint density at radius 1 is 0.703 bits per heavy atom. The molecular formula is C30H30N4O3. The topological polar surface area (TPSA) is 67.8 Å². The Hall–Kier alpha value is -4.39. The molecule has 1 aromatic heterocycles. The van der Waals surface area contributed by atoms with Gasteiger partial charge in [-0.15, -0.1) is 10.2 Å². The van der Waals surface area contributed by atoms with Crippen molar-refractivity contribution in [3.8, 4) is 33.9 Å². The molecule has 0 bridgehead atoms. The molecule has 1 amide bonds. The van der Waals surface area contributed by atoms with Gasteiger partial charge in [0, 0.05) is 31.7 Å². The highest BCUT2D eigenvalue weighted by Crippen LogP contribution is 2.23. The predicted molar refractivity (Wildman–Crippen MR) is 145 cm³/mol. The van der Waals surface area contributed by atoms with Gasteiger partial charge < -0.3 is 19.3 Å². The van der Waals surface area contributed by atoms with Gasteiger partial charge in [-0.05, 0) is 66.6 Å². The maximum Gasteiger partial charge on any atom is 0.260 e. The highest BCUT2D eigenvalue weighted by Gasteiger charge is 2.22. The van der Waals surface area contributed by atoms with E-state index in [4.69, 9.17) is 9.47 Å². The van der Waals surface area contributed by atoms with Crippen LogP contribution in [-0.2, 0) is 4.79 Å². The molecule has 2 heterocycles. The summed E-state index contributed by atoms with van der Waals surface area (Å²) in [7, 11) is 0. The summed E-state index contributed by atoms with van der Waals surface area (Å²) in [6, 6.07) is 29.8. The van der Waals surface area contributed by atoms with Gasteiger partial charge in [0.15, 0.2) is 12.4 Å². The van der Waals surface area contributed by atoms with Crippen LogP contribution in [-0.4, -0.2) is 60.4 Å². The summed E-state index contributed by atoms with van der Waals surface area (Å²) in [5.74, 6) is 2.34. The van der Waals surface area contributed by atoms with Gasteiger partial charge in [-0.25, -0.2) is 0 Å².